The highest BCUT2D eigenvalue weighted by Gasteiger charge is 2.26. The Morgan fingerprint density at radius 2 is 1.96 bits per heavy atom. The standard InChI is InChI=1S/C20H21Cl2N3O2S/c1-20(2,3)28(26)24-11-14-8-13-9-16(21)18(10-17(13)25-19(14)22)27-12-15-6-4-5-7-23-15/h4-10,24H,11-12H2,1-3H3/t28-/m1/s1. The summed E-state index contributed by atoms with van der Waals surface area (Å²) in [5, 5.41) is 1.66. The first-order valence-electron chi connectivity index (χ1n) is 8.71. The van der Waals surface area contributed by atoms with Crippen LogP contribution in [0.2, 0.25) is 10.2 Å². The highest BCUT2D eigenvalue weighted by molar-refractivity contribution is 7.90. The number of hydrogen-bond donors (Lipinski definition) is 1. The average Bonchev–Trinajstić information content (AvgIpc) is 2.65. The third-order valence-corrected chi connectivity index (χ3v) is 6.09. The van der Waals surface area contributed by atoms with Crippen molar-refractivity contribution in [1.29, 1.82) is 0 Å². The van der Waals surface area contributed by atoms with Crippen LogP contribution in [0.15, 0.2) is 42.6 Å². The number of nitrogens with one attached hydrogen (secondary N) is 1. The zero-order valence-corrected chi connectivity index (χ0v) is 18.2. The molecule has 0 fully saturated rings. The molecule has 148 valence electrons. The lowest BCUT2D eigenvalue weighted by molar-refractivity contribution is 0.302. The Morgan fingerprint density at radius 3 is 2.64 bits per heavy atom. The second-order valence-corrected chi connectivity index (χ2v) is 10.0. The van der Waals surface area contributed by atoms with Crippen LogP contribution in [0.4, 0.5) is 0 Å². The Balaban J connectivity index is 1.79. The minimum Gasteiger partial charge on any atom is -0.598 e. The number of halogens is 2. The van der Waals surface area contributed by atoms with Crippen LogP contribution < -0.4 is 9.46 Å². The van der Waals surface area contributed by atoms with Gasteiger partial charge in [-0.2, -0.15) is 0 Å². The average molecular weight is 438 g/mol. The second-order valence-electron chi connectivity index (χ2n) is 7.23. The van der Waals surface area contributed by atoms with Crippen molar-refractivity contribution in [1.82, 2.24) is 14.7 Å². The number of fused-ring (bicyclic) bond motifs is 1. The zero-order chi connectivity index (χ0) is 20.3. The fourth-order valence-corrected chi connectivity index (χ4v) is 3.58. The largest absolute Gasteiger partial charge is 0.598 e. The van der Waals surface area contributed by atoms with Gasteiger partial charge in [0, 0.05) is 34.6 Å². The lowest BCUT2D eigenvalue weighted by atomic mass is 10.1. The molecule has 0 spiro atoms. The van der Waals surface area contributed by atoms with E-state index in [1.807, 2.05) is 45.0 Å². The maximum atomic E-state index is 12.2. The van der Waals surface area contributed by atoms with Crippen molar-refractivity contribution in [3.05, 3.63) is 64.0 Å². The van der Waals surface area contributed by atoms with Gasteiger partial charge in [0.15, 0.2) is 0 Å². The van der Waals surface area contributed by atoms with E-state index in [0.29, 0.717) is 34.6 Å². The fourth-order valence-electron chi connectivity index (χ4n) is 2.42. The summed E-state index contributed by atoms with van der Waals surface area (Å²) in [4.78, 5) is 8.67. The molecule has 3 rings (SSSR count). The van der Waals surface area contributed by atoms with Gasteiger partial charge in [-0.3, -0.25) is 4.98 Å². The topological polar surface area (TPSA) is 70.1 Å². The van der Waals surface area contributed by atoms with E-state index in [9.17, 15) is 4.55 Å². The molecule has 0 saturated heterocycles. The molecule has 1 atom stereocenters. The maximum absolute atomic E-state index is 12.2. The number of benzene rings is 1. The van der Waals surface area contributed by atoms with Gasteiger partial charge in [0.05, 0.1) is 22.8 Å². The molecule has 2 heterocycles. The molecule has 1 aromatic carbocycles. The van der Waals surface area contributed by atoms with Crippen molar-refractivity contribution in [2.45, 2.75) is 38.7 Å². The van der Waals surface area contributed by atoms with Crippen LogP contribution in [-0.4, -0.2) is 19.3 Å². The van der Waals surface area contributed by atoms with E-state index in [1.165, 1.54) is 0 Å². The molecule has 0 aliphatic heterocycles. The quantitative estimate of drug-likeness (QED) is 0.430. The summed E-state index contributed by atoms with van der Waals surface area (Å²) in [5.74, 6) is 0.517. The highest BCUT2D eigenvalue weighted by Crippen LogP contribution is 2.32. The Morgan fingerprint density at radius 1 is 1.18 bits per heavy atom. The first-order valence-corrected chi connectivity index (χ1v) is 10.6. The zero-order valence-electron chi connectivity index (χ0n) is 15.8. The van der Waals surface area contributed by atoms with Gasteiger partial charge in [0.2, 0.25) is 0 Å². The number of rotatable bonds is 6. The third-order valence-electron chi connectivity index (χ3n) is 3.95. The van der Waals surface area contributed by atoms with Crippen molar-refractivity contribution in [3.8, 4) is 5.75 Å². The number of nitrogens with zero attached hydrogens (tertiary/aromatic N) is 2. The molecular weight excluding hydrogens is 417 g/mol. The smallest absolute Gasteiger partial charge is 0.140 e. The molecule has 0 saturated carbocycles. The van der Waals surface area contributed by atoms with E-state index in [2.05, 4.69) is 14.7 Å². The van der Waals surface area contributed by atoms with E-state index in [4.69, 9.17) is 27.9 Å². The molecule has 0 aliphatic carbocycles. The first kappa shape index (κ1) is 21.1. The van der Waals surface area contributed by atoms with Crippen LogP contribution in [0.3, 0.4) is 0 Å². The van der Waals surface area contributed by atoms with Crippen molar-refractivity contribution >= 4 is 45.5 Å². The minimum absolute atomic E-state index is 0.306. The van der Waals surface area contributed by atoms with Gasteiger partial charge in [0.1, 0.15) is 22.3 Å². The lowest BCUT2D eigenvalue weighted by Crippen LogP contribution is -2.39. The van der Waals surface area contributed by atoms with Gasteiger partial charge >= 0.3 is 0 Å². The Labute approximate surface area is 177 Å². The summed E-state index contributed by atoms with van der Waals surface area (Å²) in [6, 6.07) is 11.1. The normalized spacial score (nSPS) is 12.9. The predicted molar refractivity (Wildman–Crippen MR) is 115 cm³/mol. The van der Waals surface area contributed by atoms with Gasteiger partial charge in [-0.25, -0.2) is 4.98 Å². The number of ether oxygens (including phenoxy) is 1. The van der Waals surface area contributed by atoms with Crippen LogP contribution in [0.25, 0.3) is 10.9 Å². The van der Waals surface area contributed by atoms with Crippen molar-refractivity contribution in [2.75, 3.05) is 0 Å². The van der Waals surface area contributed by atoms with Crippen molar-refractivity contribution in [3.63, 3.8) is 0 Å². The molecule has 0 bridgehead atoms. The van der Waals surface area contributed by atoms with E-state index in [1.54, 1.807) is 18.3 Å². The number of hydrogen-bond acceptors (Lipinski definition) is 5. The monoisotopic (exact) mass is 437 g/mol. The molecule has 0 radical (unpaired) electrons. The van der Waals surface area contributed by atoms with E-state index >= 15 is 0 Å². The van der Waals surface area contributed by atoms with E-state index in [0.717, 1.165) is 16.6 Å². The van der Waals surface area contributed by atoms with E-state index < -0.39 is 11.4 Å². The maximum Gasteiger partial charge on any atom is 0.140 e. The van der Waals surface area contributed by atoms with Gasteiger partial charge in [-0.15, -0.1) is 4.72 Å². The summed E-state index contributed by atoms with van der Waals surface area (Å²) in [7, 11) is 0. The molecule has 3 aromatic rings. The van der Waals surface area contributed by atoms with Gasteiger partial charge in [0.25, 0.3) is 0 Å². The van der Waals surface area contributed by atoms with Crippen LogP contribution in [0.5, 0.6) is 5.75 Å². The lowest BCUT2D eigenvalue weighted by Gasteiger charge is -2.23. The second kappa shape index (κ2) is 8.84. The molecule has 0 amide bonds. The summed E-state index contributed by atoms with van der Waals surface area (Å²) in [6.07, 6.45) is 1.71. The molecule has 28 heavy (non-hydrogen) atoms. The van der Waals surface area contributed by atoms with Crippen LogP contribution >= 0.6 is 23.2 Å². The molecular formula is C20H21Cl2N3O2S. The summed E-state index contributed by atoms with van der Waals surface area (Å²) in [6.45, 7) is 6.37. The SMILES string of the molecule is CC(C)(C)[S@@+]([O-])NCc1cc2cc(Cl)c(OCc3ccccn3)cc2nc1Cl. The molecule has 8 heteroatoms. The molecule has 5 nitrogen and oxygen atoms in total. The number of pyridine rings is 2. The van der Waals surface area contributed by atoms with Crippen LogP contribution in [0.1, 0.15) is 32.0 Å². The molecule has 0 aliphatic rings. The summed E-state index contributed by atoms with van der Waals surface area (Å²) in [5.41, 5.74) is 2.23. The Hall–Kier alpha value is -1.57. The Bertz CT molecular complexity index is 965. The molecule has 2 aromatic heterocycles. The fraction of sp³-hybridized carbons (Fsp3) is 0.300. The van der Waals surface area contributed by atoms with Gasteiger partial charge < -0.3 is 9.29 Å². The predicted octanol–water partition coefficient (Wildman–Crippen LogP) is 5.07. The molecule has 1 N–H and O–H groups in total. The minimum atomic E-state index is -1.20. The highest BCUT2D eigenvalue weighted by atomic mass is 35.5. The third kappa shape index (κ3) is 5.27. The summed E-state index contributed by atoms with van der Waals surface area (Å²) >= 11 is 11.5. The van der Waals surface area contributed by atoms with Crippen molar-refractivity contribution in [2.24, 2.45) is 0 Å². The summed E-state index contributed by atoms with van der Waals surface area (Å²) < 4.78 is 20.6. The first-order chi connectivity index (χ1) is 13.2. The van der Waals surface area contributed by atoms with Crippen LogP contribution in [-0.2, 0) is 24.5 Å². The number of aromatic nitrogens is 2. The van der Waals surface area contributed by atoms with Gasteiger partial charge in [-0.1, -0.05) is 29.3 Å². The van der Waals surface area contributed by atoms with Gasteiger partial charge in [-0.05, 0) is 45.0 Å². The van der Waals surface area contributed by atoms with Crippen molar-refractivity contribution < 1.29 is 9.29 Å². The Kier molecular flexibility index (Phi) is 6.68. The van der Waals surface area contributed by atoms with E-state index in [-0.39, 0.29) is 4.75 Å². The van der Waals surface area contributed by atoms with Crippen LogP contribution in [0, 0.1) is 0 Å². The molecule has 0 unspecified atom stereocenters.